The maximum Gasteiger partial charge on any atom is 0.134 e. The second-order valence-electron chi connectivity index (χ2n) is 5.14. The molecule has 2 aliphatic carbocycles. The Hall–Kier alpha value is -0.340. The van der Waals surface area contributed by atoms with Crippen molar-refractivity contribution in [2.75, 3.05) is 0 Å². The number of rotatable bonds is 2. The molecule has 2 unspecified atom stereocenters. The van der Waals surface area contributed by atoms with Crippen LogP contribution in [0.15, 0.2) is 11.6 Å². The predicted octanol–water partition coefficient (Wildman–Crippen LogP) is 3.39. The van der Waals surface area contributed by atoms with Gasteiger partial charge in [0.2, 0.25) is 0 Å². The summed E-state index contributed by atoms with van der Waals surface area (Å²) in [4.78, 5) is 4.84. The van der Waals surface area contributed by atoms with Crippen molar-refractivity contribution in [3.63, 3.8) is 0 Å². The highest BCUT2D eigenvalue weighted by Gasteiger charge is 2.72. The fourth-order valence-corrected chi connectivity index (χ4v) is 3.12. The first-order chi connectivity index (χ1) is 6.59. The summed E-state index contributed by atoms with van der Waals surface area (Å²) in [6.07, 6.45) is 6.78. The standard InChI is InChI=1S/C12H20O2/c1-9(2)11(3)10-7-5-4-6-8-12(10,11)14-13/h7,9,13H,4-6,8H2,1-3H3. The molecule has 80 valence electrons. The SMILES string of the molecule is CC(C)C1(C)C2=CCCCCC21OO. The molecule has 2 aliphatic rings. The Morgan fingerprint density at radius 3 is 2.71 bits per heavy atom. The van der Waals surface area contributed by atoms with Crippen LogP contribution in [-0.2, 0) is 4.89 Å². The van der Waals surface area contributed by atoms with Gasteiger partial charge in [-0.15, -0.1) is 0 Å². The second-order valence-corrected chi connectivity index (χ2v) is 5.14. The van der Waals surface area contributed by atoms with Gasteiger partial charge in [0, 0.05) is 5.41 Å². The zero-order valence-electron chi connectivity index (χ0n) is 9.34. The van der Waals surface area contributed by atoms with Gasteiger partial charge in [0.15, 0.2) is 0 Å². The lowest BCUT2D eigenvalue weighted by atomic mass is 9.87. The molecule has 0 aromatic rings. The van der Waals surface area contributed by atoms with Crippen molar-refractivity contribution < 1.29 is 10.1 Å². The topological polar surface area (TPSA) is 29.5 Å². The highest BCUT2D eigenvalue weighted by Crippen LogP contribution is 2.70. The molecule has 0 amide bonds. The summed E-state index contributed by atoms with van der Waals surface area (Å²) in [5.41, 5.74) is 1.07. The first-order valence-corrected chi connectivity index (χ1v) is 5.63. The van der Waals surface area contributed by atoms with Crippen molar-refractivity contribution in [2.24, 2.45) is 11.3 Å². The average molecular weight is 196 g/mol. The van der Waals surface area contributed by atoms with E-state index in [0.29, 0.717) is 5.92 Å². The largest absolute Gasteiger partial charge is 0.251 e. The van der Waals surface area contributed by atoms with Crippen LogP contribution >= 0.6 is 0 Å². The smallest absolute Gasteiger partial charge is 0.134 e. The molecule has 2 heteroatoms. The van der Waals surface area contributed by atoms with Gasteiger partial charge in [-0.05, 0) is 37.2 Å². The van der Waals surface area contributed by atoms with E-state index in [9.17, 15) is 0 Å². The fraction of sp³-hybridized carbons (Fsp3) is 0.833. The lowest BCUT2D eigenvalue weighted by Crippen LogP contribution is -2.24. The van der Waals surface area contributed by atoms with Gasteiger partial charge >= 0.3 is 0 Å². The van der Waals surface area contributed by atoms with Crippen LogP contribution in [-0.4, -0.2) is 10.9 Å². The van der Waals surface area contributed by atoms with Gasteiger partial charge in [0.25, 0.3) is 0 Å². The zero-order chi connectivity index (χ0) is 10.4. The van der Waals surface area contributed by atoms with Crippen LogP contribution < -0.4 is 0 Å². The third-order valence-electron chi connectivity index (χ3n) is 4.41. The summed E-state index contributed by atoms with van der Waals surface area (Å²) in [6, 6.07) is 0. The van der Waals surface area contributed by atoms with Crippen LogP contribution in [0.2, 0.25) is 0 Å². The van der Waals surface area contributed by atoms with E-state index in [1.165, 1.54) is 12.0 Å². The van der Waals surface area contributed by atoms with Crippen molar-refractivity contribution in [1.29, 1.82) is 0 Å². The van der Waals surface area contributed by atoms with Crippen molar-refractivity contribution in [2.45, 2.75) is 52.1 Å². The molecule has 0 heterocycles. The maximum absolute atomic E-state index is 9.16. The molecule has 0 aromatic heterocycles. The summed E-state index contributed by atoms with van der Waals surface area (Å²) in [7, 11) is 0. The zero-order valence-corrected chi connectivity index (χ0v) is 9.34. The molecule has 0 bridgehead atoms. The van der Waals surface area contributed by atoms with E-state index in [0.717, 1.165) is 19.3 Å². The monoisotopic (exact) mass is 196 g/mol. The van der Waals surface area contributed by atoms with E-state index in [-0.39, 0.29) is 11.0 Å². The van der Waals surface area contributed by atoms with Crippen LogP contribution in [0.1, 0.15) is 46.5 Å². The Bertz CT molecular complexity index is 269. The van der Waals surface area contributed by atoms with Gasteiger partial charge < -0.3 is 0 Å². The Morgan fingerprint density at radius 2 is 2.14 bits per heavy atom. The van der Waals surface area contributed by atoms with Crippen LogP contribution in [0.25, 0.3) is 0 Å². The molecule has 0 aliphatic heterocycles. The van der Waals surface area contributed by atoms with Gasteiger partial charge in [0.1, 0.15) is 5.60 Å². The summed E-state index contributed by atoms with van der Waals surface area (Å²) in [5.74, 6) is 0.527. The molecule has 2 atom stereocenters. The average Bonchev–Trinajstić information content (AvgIpc) is 2.75. The van der Waals surface area contributed by atoms with Crippen LogP contribution in [0.3, 0.4) is 0 Å². The molecule has 1 fully saturated rings. The third-order valence-corrected chi connectivity index (χ3v) is 4.41. The van der Waals surface area contributed by atoms with E-state index in [2.05, 4.69) is 26.8 Å². The Morgan fingerprint density at radius 1 is 1.43 bits per heavy atom. The minimum Gasteiger partial charge on any atom is -0.251 e. The molecular formula is C12H20O2. The normalized spacial score (nSPS) is 41.6. The first-order valence-electron chi connectivity index (χ1n) is 5.63. The van der Waals surface area contributed by atoms with Gasteiger partial charge in [-0.25, -0.2) is 4.89 Å². The summed E-state index contributed by atoms with van der Waals surface area (Å²) < 4.78 is 0. The van der Waals surface area contributed by atoms with Crippen LogP contribution in [0.5, 0.6) is 0 Å². The second kappa shape index (κ2) is 3.07. The summed E-state index contributed by atoms with van der Waals surface area (Å²) in [6.45, 7) is 6.62. The van der Waals surface area contributed by atoms with Crippen LogP contribution in [0.4, 0.5) is 0 Å². The Labute approximate surface area is 85.9 Å². The minimum atomic E-state index is -0.336. The van der Waals surface area contributed by atoms with Crippen molar-refractivity contribution >= 4 is 0 Å². The Balaban J connectivity index is 2.35. The molecular weight excluding hydrogens is 176 g/mol. The highest BCUT2D eigenvalue weighted by molar-refractivity contribution is 5.49. The fourth-order valence-electron chi connectivity index (χ4n) is 3.12. The van der Waals surface area contributed by atoms with Crippen molar-refractivity contribution in [3.8, 4) is 0 Å². The van der Waals surface area contributed by atoms with E-state index in [1.807, 2.05) is 0 Å². The molecule has 0 aromatic carbocycles. The van der Waals surface area contributed by atoms with Gasteiger partial charge in [-0.2, -0.15) is 0 Å². The van der Waals surface area contributed by atoms with Crippen LogP contribution in [0, 0.1) is 11.3 Å². The van der Waals surface area contributed by atoms with Crippen molar-refractivity contribution in [3.05, 3.63) is 11.6 Å². The minimum absolute atomic E-state index is 0.0716. The van der Waals surface area contributed by atoms with Gasteiger partial charge in [-0.1, -0.05) is 26.8 Å². The molecule has 0 saturated heterocycles. The first kappa shape index (κ1) is 10.2. The summed E-state index contributed by atoms with van der Waals surface area (Å²) >= 11 is 0. The lowest BCUT2D eigenvalue weighted by Gasteiger charge is -2.21. The maximum atomic E-state index is 9.16. The number of hydrogen-bond acceptors (Lipinski definition) is 2. The van der Waals surface area contributed by atoms with E-state index >= 15 is 0 Å². The number of allylic oxidation sites excluding steroid dienone is 1. The number of hydrogen-bond donors (Lipinski definition) is 1. The molecule has 14 heavy (non-hydrogen) atoms. The molecule has 1 saturated carbocycles. The highest BCUT2D eigenvalue weighted by atomic mass is 17.1. The predicted molar refractivity (Wildman–Crippen MR) is 55.9 cm³/mol. The van der Waals surface area contributed by atoms with Gasteiger partial charge in [-0.3, -0.25) is 5.26 Å². The van der Waals surface area contributed by atoms with Gasteiger partial charge in [0.05, 0.1) is 0 Å². The van der Waals surface area contributed by atoms with E-state index < -0.39 is 0 Å². The molecule has 2 rings (SSSR count). The molecule has 1 N–H and O–H groups in total. The molecule has 0 spiro atoms. The van der Waals surface area contributed by atoms with E-state index in [1.54, 1.807) is 0 Å². The Kier molecular flexibility index (Phi) is 2.24. The third kappa shape index (κ3) is 0.986. The summed E-state index contributed by atoms with van der Waals surface area (Å²) in [5, 5.41) is 9.16. The van der Waals surface area contributed by atoms with E-state index in [4.69, 9.17) is 10.1 Å². The lowest BCUT2D eigenvalue weighted by molar-refractivity contribution is -0.300. The molecule has 0 radical (unpaired) electrons. The van der Waals surface area contributed by atoms with Crippen molar-refractivity contribution in [1.82, 2.24) is 0 Å². The quantitative estimate of drug-likeness (QED) is 0.417. The molecule has 2 nitrogen and oxygen atoms in total. The number of fused-ring (bicyclic) bond motifs is 1.